The van der Waals surface area contributed by atoms with Crippen molar-refractivity contribution in [2.75, 3.05) is 0 Å². The summed E-state index contributed by atoms with van der Waals surface area (Å²) in [6.45, 7) is 11.4. The van der Waals surface area contributed by atoms with Gasteiger partial charge >= 0.3 is 0 Å². The Kier molecular flexibility index (Phi) is 6.74. The predicted octanol–water partition coefficient (Wildman–Crippen LogP) is 13.1. The number of fused-ring (bicyclic) bond motifs is 7. The lowest BCUT2D eigenvalue weighted by Gasteiger charge is -2.24. The number of benzene rings is 7. The van der Waals surface area contributed by atoms with Crippen LogP contribution >= 0.6 is 0 Å². The molecule has 3 heteroatoms. The summed E-state index contributed by atoms with van der Waals surface area (Å²) in [6.07, 6.45) is 0. The molecule has 0 atom stereocenters. The highest BCUT2D eigenvalue weighted by Gasteiger charge is 2.26. The fraction of sp³-hybridized carbons (Fsp3) is 0.152. The summed E-state index contributed by atoms with van der Waals surface area (Å²) in [6, 6.07) is 46.0. The van der Waals surface area contributed by atoms with Gasteiger partial charge in [-0.3, -0.25) is 4.57 Å². The van der Waals surface area contributed by atoms with Gasteiger partial charge in [0, 0.05) is 10.8 Å². The molecule has 238 valence electrons. The highest BCUT2D eigenvalue weighted by molar-refractivity contribution is 6.17. The van der Waals surface area contributed by atoms with Crippen LogP contribution in [0, 0.1) is 6.92 Å². The van der Waals surface area contributed by atoms with E-state index in [9.17, 15) is 0 Å². The molecule has 9 rings (SSSR count). The summed E-state index contributed by atoms with van der Waals surface area (Å²) in [5.41, 5.74) is 12.4. The van der Waals surface area contributed by atoms with E-state index in [0.29, 0.717) is 0 Å². The van der Waals surface area contributed by atoms with Crippen LogP contribution in [0.3, 0.4) is 0 Å². The smallest absolute Gasteiger partial charge is 0.149 e. The highest BCUT2D eigenvalue weighted by atomic mass is 16.3. The van der Waals surface area contributed by atoms with Gasteiger partial charge in [-0.15, -0.1) is 0 Å². The fourth-order valence-corrected chi connectivity index (χ4v) is 7.78. The molecular weight excluding hydrogens is 597 g/mol. The van der Waals surface area contributed by atoms with Crippen LogP contribution in [0.1, 0.15) is 56.2 Å². The monoisotopic (exact) mass is 634 g/mol. The molecule has 0 aliphatic rings. The Bertz CT molecular complexity index is 2700. The Morgan fingerprint density at radius 2 is 1.27 bits per heavy atom. The Hall–Kier alpha value is -5.67. The maximum atomic E-state index is 6.89. The van der Waals surface area contributed by atoms with Gasteiger partial charge < -0.3 is 4.42 Å². The van der Waals surface area contributed by atoms with E-state index in [-0.39, 0.29) is 11.8 Å². The predicted molar refractivity (Wildman–Crippen MR) is 207 cm³/mol. The lowest BCUT2D eigenvalue weighted by atomic mass is 9.88. The summed E-state index contributed by atoms with van der Waals surface area (Å²) in [5.74, 6) is 1.48. The van der Waals surface area contributed by atoms with Crippen LogP contribution in [0.15, 0.2) is 132 Å². The van der Waals surface area contributed by atoms with Crippen molar-refractivity contribution in [3.05, 3.63) is 144 Å². The number of rotatable bonds is 5. The number of hydrogen-bond acceptors (Lipinski definition) is 2. The van der Waals surface area contributed by atoms with Crippen LogP contribution < -0.4 is 0 Å². The van der Waals surface area contributed by atoms with Gasteiger partial charge in [-0.2, -0.15) is 0 Å². The van der Waals surface area contributed by atoms with E-state index in [1.165, 1.54) is 55.0 Å². The summed E-state index contributed by atoms with van der Waals surface area (Å²) in [7, 11) is 0. The zero-order chi connectivity index (χ0) is 33.4. The maximum Gasteiger partial charge on any atom is 0.149 e. The molecule has 0 spiro atoms. The quantitative estimate of drug-likeness (QED) is 0.176. The Morgan fingerprint density at radius 3 is 2.04 bits per heavy atom. The van der Waals surface area contributed by atoms with Crippen LogP contribution in [0.4, 0.5) is 0 Å². The van der Waals surface area contributed by atoms with E-state index in [0.717, 1.165) is 44.4 Å². The van der Waals surface area contributed by atoms with Crippen LogP contribution in [-0.4, -0.2) is 9.55 Å². The molecule has 0 aliphatic carbocycles. The van der Waals surface area contributed by atoms with E-state index in [1.54, 1.807) is 0 Å². The Labute approximate surface area is 286 Å². The third-order valence-electron chi connectivity index (χ3n) is 10.2. The first kappa shape index (κ1) is 29.5. The maximum absolute atomic E-state index is 6.89. The first-order valence-corrected chi connectivity index (χ1v) is 17.4. The summed E-state index contributed by atoms with van der Waals surface area (Å²) in [5, 5.41) is 7.11. The van der Waals surface area contributed by atoms with Crippen molar-refractivity contribution in [2.24, 2.45) is 0 Å². The van der Waals surface area contributed by atoms with E-state index in [4.69, 9.17) is 9.40 Å². The van der Waals surface area contributed by atoms with Gasteiger partial charge in [-0.1, -0.05) is 119 Å². The van der Waals surface area contributed by atoms with E-state index < -0.39 is 0 Å². The molecule has 0 amide bonds. The minimum Gasteiger partial charge on any atom is -0.455 e. The first-order valence-electron chi connectivity index (χ1n) is 17.4. The Morgan fingerprint density at radius 1 is 0.571 bits per heavy atom. The largest absolute Gasteiger partial charge is 0.455 e. The summed E-state index contributed by atoms with van der Waals surface area (Å²) < 4.78 is 9.33. The minimum absolute atomic E-state index is 0.287. The number of nitrogens with zero attached hydrogens (tertiary/aromatic N) is 2. The number of imidazole rings is 1. The van der Waals surface area contributed by atoms with Crippen molar-refractivity contribution >= 4 is 54.5 Å². The normalized spacial score (nSPS) is 12.1. The topological polar surface area (TPSA) is 31.0 Å². The number of aryl methyl sites for hydroxylation is 1. The van der Waals surface area contributed by atoms with Crippen molar-refractivity contribution in [1.29, 1.82) is 0 Å². The minimum atomic E-state index is 0.287. The molecule has 0 aliphatic heterocycles. The molecule has 0 radical (unpaired) electrons. The molecule has 0 saturated heterocycles. The van der Waals surface area contributed by atoms with E-state index >= 15 is 0 Å². The lowest BCUT2D eigenvalue weighted by Crippen LogP contribution is -2.10. The molecule has 0 saturated carbocycles. The van der Waals surface area contributed by atoms with Gasteiger partial charge in [-0.25, -0.2) is 4.98 Å². The van der Waals surface area contributed by atoms with E-state index in [1.807, 2.05) is 0 Å². The van der Waals surface area contributed by atoms with Gasteiger partial charge in [0.25, 0.3) is 0 Å². The standard InChI is InChI=1S/C46H38N2O/c1-27(2)37-24-33(30-14-7-6-8-15-30)25-38(28(3)4)44(37)48-43-29(5)13-11-20-41(43)47-46(48)36-19-12-18-35-40-23-32-22-21-31-16-9-10-17-34(31)39(32)26-42(40)49-45(35)36/h6-28H,1-5H3. The first-order chi connectivity index (χ1) is 23.9. The van der Waals surface area contributed by atoms with Crippen LogP contribution in [0.25, 0.3) is 82.7 Å². The summed E-state index contributed by atoms with van der Waals surface area (Å²) >= 11 is 0. The third kappa shape index (κ3) is 4.60. The highest BCUT2D eigenvalue weighted by Crippen LogP contribution is 2.44. The van der Waals surface area contributed by atoms with Gasteiger partial charge in [0.1, 0.15) is 17.0 Å². The van der Waals surface area contributed by atoms with Gasteiger partial charge in [-0.05, 0) is 105 Å². The van der Waals surface area contributed by atoms with Crippen LogP contribution in [0.5, 0.6) is 0 Å². The van der Waals surface area contributed by atoms with Crippen LogP contribution in [0.2, 0.25) is 0 Å². The van der Waals surface area contributed by atoms with Crippen molar-refractivity contribution in [3.63, 3.8) is 0 Å². The van der Waals surface area contributed by atoms with Crippen molar-refractivity contribution < 1.29 is 4.42 Å². The third-order valence-corrected chi connectivity index (χ3v) is 10.2. The molecule has 0 N–H and O–H groups in total. The van der Waals surface area contributed by atoms with Gasteiger partial charge in [0.2, 0.25) is 0 Å². The average molecular weight is 635 g/mol. The number of furan rings is 1. The van der Waals surface area contributed by atoms with E-state index in [2.05, 4.69) is 167 Å². The van der Waals surface area contributed by atoms with Gasteiger partial charge in [0.15, 0.2) is 0 Å². The summed E-state index contributed by atoms with van der Waals surface area (Å²) in [4.78, 5) is 5.42. The number of aromatic nitrogens is 2. The molecule has 3 nitrogen and oxygen atoms in total. The molecule has 49 heavy (non-hydrogen) atoms. The Balaban J connectivity index is 1.37. The zero-order valence-electron chi connectivity index (χ0n) is 28.6. The second-order valence-corrected chi connectivity index (χ2v) is 14.0. The molecule has 0 bridgehead atoms. The van der Waals surface area contributed by atoms with Crippen molar-refractivity contribution in [3.8, 4) is 28.2 Å². The molecule has 2 heterocycles. The molecule has 0 unspecified atom stereocenters. The number of para-hydroxylation sites is 2. The second kappa shape index (κ2) is 11.2. The molecule has 2 aromatic heterocycles. The fourth-order valence-electron chi connectivity index (χ4n) is 7.78. The van der Waals surface area contributed by atoms with Crippen molar-refractivity contribution in [1.82, 2.24) is 9.55 Å². The second-order valence-electron chi connectivity index (χ2n) is 14.0. The van der Waals surface area contributed by atoms with Gasteiger partial charge in [0.05, 0.1) is 22.3 Å². The molecular formula is C46H38N2O. The molecule has 9 aromatic rings. The number of hydrogen-bond donors (Lipinski definition) is 0. The molecule has 0 fully saturated rings. The van der Waals surface area contributed by atoms with Crippen LogP contribution in [-0.2, 0) is 0 Å². The van der Waals surface area contributed by atoms with Crippen molar-refractivity contribution in [2.45, 2.75) is 46.5 Å². The zero-order valence-corrected chi connectivity index (χ0v) is 28.6. The molecule has 7 aromatic carbocycles. The average Bonchev–Trinajstić information content (AvgIpc) is 3.69. The lowest BCUT2D eigenvalue weighted by molar-refractivity contribution is 0.670. The SMILES string of the molecule is Cc1cccc2nc(-c3cccc4c3oc3cc5c(ccc6ccccc65)cc34)n(-c3c(C(C)C)cc(-c4ccccc4)cc3C(C)C)c12.